The number of ether oxygens (including phenoxy) is 1. The fourth-order valence-corrected chi connectivity index (χ4v) is 2.97. The van der Waals surface area contributed by atoms with Crippen LogP contribution in [0.15, 0.2) is 34.9 Å². The number of rotatable bonds is 5. The van der Waals surface area contributed by atoms with Crippen molar-refractivity contribution in [1.82, 2.24) is 15.5 Å². The van der Waals surface area contributed by atoms with Crippen molar-refractivity contribution >= 4 is 23.0 Å². The molecule has 30 heavy (non-hydrogen) atoms. The standard InChI is InChI=1S/C20H18F3N3O4/c1-4-29-19(28)11(3)24-17(27)13-9-15(25-18-16(13)10(2)26-30-18)12-7-5-6-8-14(12)20(21,22)23/h5-9,11H,4H2,1-3H3,(H,24,27). The summed E-state index contributed by atoms with van der Waals surface area (Å²) in [5.74, 6) is -1.33. The van der Waals surface area contributed by atoms with Crippen LogP contribution in [-0.4, -0.2) is 34.7 Å². The van der Waals surface area contributed by atoms with Gasteiger partial charge in [-0.2, -0.15) is 13.2 Å². The predicted octanol–water partition coefficient (Wildman–Crippen LogP) is 3.90. The van der Waals surface area contributed by atoms with Crippen molar-refractivity contribution in [3.8, 4) is 11.3 Å². The normalized spacial score (nSPS) is 12.6. The van der Waals surface area contributed by atoms with Gasteiger partial charge < -0.3 is 14.6 Å². The molecule has 0 aliphatic carbocycles. The highest BCUT2D eigenvalue weighted by Crippen LogP contribution is 2.37. The predicted molar refractivity (Wildman–Crippen MR) is 101 cm³/mol. The lowest BCUT2D eigenvalue weighted by atomic mass is 10.0. The van der Waals surface area contributed by atoms with E-state index in [-0.39, 0.29) is 34.5 Å². The first-order valence-electron chi connectivity index (χ1n) is 9.04. The molecule has 3 rings (SSSR count). The second-order valence-corrected chi connectivity index (χ2v) is 6.49. The Morgan fingerprint density at radius 1 is 1.27 bits per heavy atom. The number of amides is 1. The van der Waals surface area contributed by atoms with Crippen LogP contribution in [0, 0.1) is 6.92 Å². The highest BCUT2D eigenvalue weighted by molar-refractivity contribution is 6.08. The number of carbonyl (C=O) groups excluding carboxylic acids is 2. The van der Waals surface area contributed by atoms with Gasteiger partial charge in [-0.25, -0.2) is 9.78 Å². The van der Waals surface area contributed by atoms with E-state index in [0.717, 1.165) is 6.07 Å². The van der Waals surface area contributed by atoms with Gasteiger partial charge in [-0.3, -0.25) is 4.79 Å². The van der Waals surface area contributed by atoms with Gasteiger partial charge in [-0.1, -0.05) is 23.4 Å². The third-order valence-electron chi connectivity index (χ3n) is 4.36. The number of carbonyl (C=O) groups is 2. The first-order valence-corrected chi connectivity index (χ1v) is 9.04. The lowest BCUT2D eigenvalue weighted by molar-refractivity contribution is -0.145. The van der Waals surface area contributed by atoms with E-state index in [4.69, 9.17) is 9.26 Å². The van der Waals surface area contributed by atoms with Gasteiger partial charge in [-0.15, -0.1) is 0 Å². The number of benzene rings is 1. The number of alkyl halides is 3. The van der Waals surface area contributed by atoms with E-state index in [1.54, 1.807) is 13.8 Å². The zero-order valence-electron chi connectivity index (χ0n) is 16.3. The van der Waals surface area contributed by atoms with E-state index < -0.39 is 29.7 Å². The summed E-state index contributed by atoms with van der Waals surface area (Å²) in [4.78, 5) is 28.8. The van der Waals surface area contributed by atoms with Gasteiger partial charge in [0, 0.05) is 5.56 Å². The minimum absolute atomic E-state index is 0.0122. The minimum Gasteiger partial charge on any atom is -0.464 e. The zero-order valence-corrected chi connectivity index (χ0v) is 16.3. The van der Waals surface area contributed by atoms with Crippen LogP contribution in [0.2, 0.25) is 0 Å². The van der Waals surface area contributed by atoms with Crippen molar-refractivity contribution in [2.24, 2.45) is 0 Å². The van der Waals surface area contributed by atoms with Gasteiger partial charge in [0.25, 0.3) is 11.6 Å². The Labute approximate surface area is 169 Å². The Morgan fingerprint density at radius 2 is 1.97 bits per heavy atom. The summed E-state index contributed by atoms with van der Waals surface area (Å²) in [6.45, 7) is 4.78. The number of hydrogen-bond acceptors (Lipinski definition) is 6. The van der Waals surface area contributed by atoms with Gasteiger partial charge in [0.05, 0.1) is 34.5 Å². The van der Waals surface area contributed by atoms with Crippen LogP contribution in [0.5, 0.6) is 0 Å². The number of nitrogens with zero attached hydrogens (tertiary/aromatic N) is 2. The van der Waals surface area contributed by atoms with Gasteiger partial charge in [0.15, 0.2) is 0 Å². The van der Waals surface area contributed by atoms with Crippen molar-refractivity contribution < 1.29 is 32.0 Å². The van der Waals surface area contributed by atoms with Crippen LogP contribution in [0.3, 0.4) is 0 Å². The lowest BCUT2D eigenvalue weighted by Gasteiger charge is -2.15. The van der Waals surface area contributed by atoms with Crippen molar-refractivity contribution in [3.05, 3.63) is 47.2 Å². The molecule has 0 saturated carbocycles. The molecule has 2 aromatic heterocycles. The maximum Gasteiger partial charge on any atom is 0.417 e. The second kappa shape index (κ2) is 8.13. The third-order valence-corrected chi connectivity index (χ3v) is 4.36. The summed E-state index contributed by atoms with van der Waals surface area (Å²) in [6.07, 6.45) is -4.62. The molecule has 3 aromatic rings. The summed E-state index contributed by atoms with van der Waals surface area (Å²) in [5, 5.41) is 6.48. The zero-order chi connectivity index (χ0) is 22.1. The van der Waals surface area contributed by atoms with Crippen LogP contribution in [0.4, 0.5) is 13.2 Å². The monoisotopic (exact) mass is 421 g/mol. The van der Waals surface area contributed by atoms with Crippen molar-refractivity contribution in [2.75, 3.05) is 6.61 Å². The summed E-state index contributed by atoms with van der Waals surface area (Å²) in [5.41, 5.74) is -0.992. The first-order chi connectivity index (χ1) is 14.1. The first kappa shape index (κ1) is 21.3. The molecule has 0 spiro atoms. The summed E-state index contributed by atoms with van der Waals surface area (Å²) in [6, 6.07) is 5.14. The van der Waals surface area contributed by atoms with E-state index in [9.17, 15) is 22.8 Å². The van der Waals surface area contributed by atoms with Gasteiger partial charge in [0.1, 0.15) is 6.04 Å². The molecular weight excluding hydrogens is 403 g/mol. The number of nitrogens with one attached hydrogen (secondary N) is 1. The number of hydrogen-bond donors (Lipinski definition) is 1. The van der Waals surface area contributed by atoms with E-state index in [1.807, 2.05) is 0 Å². The average Bonchev–Trinajstić information content (AvgIpc) is 3.07. The molecular formula is C20H18F3N3O4. The Hall–Kier alpha value is -3.43. The number of fused-ring (bicyclic) bond motifs is 1. The Balaban J connectivity index is 2.12. The molecule has 7 nitrogen and oxygen atoms in total. The lowest BCUT2D eigenvalue weighted by Crippen LogP contribution is -2.39. The van der Waals surface area contributed by atoms with Gasteiger partial charge in [0.2, 0.25) is 0 Å². The molecule has 0 bridgehead atoms. The SMILES string of the molecule is CCOC(=O)C(C)NC(=O)c1cc(-c2ccccc2C(F)(F)F)nc2onc(C)c12. The average molecular weight is 421 g/mol. The highest BCUT2D eigenvalue weighted by atomic mass is 19.4. The van der Waals surface area contributed by atoms with Gasteiger partial charge >= 0.3 is 12.1 Å². The largest absolute Gasteiger partial charge is 0.464 e. The van der Waals surface area contributed by atoms with Crippen LogP contribution in [-0.2, 0) is 15.7 Å². The van der Waals surface area contributed by atoms with Crippen LogP contribution in [0.1, 0.15) is 35.5 Å². The summed E-state index contributed by atoms with van der Waals surface area (Å²) >= 11 is 0. The molecule has 0 saturated heterocycles. The minimum atomic E-state index is -4.62. The number of aryl methyl sites for hydroxylation is 1. The fraction of sp³-hybridized carbons (Fsp3) is 0.300. The van der Waals surface area contributed by atoms with E-state index >= 15 is 0 Å². The molecule has 2 heterocycles. The number of pyridine rings is 1. The van der Waals surface area contributed by atoms with Crippen molar-refractivity contribution in [2.45, 2.75) is 33.0 Å². The maximum absolute atomic E-state index is 13.5. The molecule has 1 unspecified atom stereocenters. The Morgan fingerprint density at radius 3 is 2.63 bits per heavy atom. The Kier molecular flexibility index (Phi) is 5.77. The number of aromatic nitrogens is 2. The molecule has 0 radical (unpaired) electrons. The van der Waals surface area contributed by atoms with Crippen molar-refractivity contribution in [1.29, 1.82) is 0 Å². The van der Waals surface area contributed by atoms with Crippen LogP contribution < -0.4 is 5.32 Å². The van der Waals surface area contributed by atoms with Gasteiger partial charge in [-0.05, 0) is 32.9 Å². The van der Waals surface area contributed by atoms with E-state index in [0.29, 0.717) is 5.69 Å². The quantitative estimate of drug-likeness (QED) is 0.628. The number of esters is 1. The molecule has 1 atom stereocenters. The van der Waals surface area contributed by atoms with Crippen molar-refractivity contribution in [3.63, 3.8) is 0 Å². The highest BCUT2D eigenvalue weighted by Gasteiger charge is 2.34. The van der Waals surface area contributed by atoms with Crippen LogP contribution in [0.25, 0.3) is 22.4 Å². The van der Waals surface area contributed by atoms with E-state index in [1.165, 1.54) is 31.2 Å². The molecule has 158 valence electrons. The molecule has 10 heteroatoms. The molecule has 0 aliphatic rings. The molecule has 1 N–H and O–H groups in total. The summed E-state index contributed by atoms with van der Waals surface area (Å²) < 4.78 is 50.3. The fourth-order valence-electron chi connectivity index (χ4n) is 2.97. The second-order valence-electron chi connectivity index (χ2n) is 6.49. The van der Waals surface area contributed by atoms with Crippen LogP contribution >= 0.6 is 0 Å². The number of halogens is 3. The Bertz CT molecular complexity index is 1110. The topological polar surface area (TPSA) is 94.3 Å². The maximum atomic E-state index is 13.5. The smallest absolute Gasteiger partial charge is 0.417 e. The molecule has 0 aliphatic heterocycles. The van der Waals surface area contributed by atoms with E-state index in [2.05, 4.69) is 15.5 Å². The molecule has 1 aromatic carbocycles. The summed E-state index contributed by atoms with van der Waals surface area (Å²) in [7, 11) is 0. The molecule has 1 amide bonds. The molecule has 0 fully saturated rings. The third kappa shape index (κ3) is 4.12.